The topological polar surface area (TPSA) is 23.5 Å². The maximum absolute atomic E-state index is 9.84. The molecule has 0 spiro atoms. The van der Waals surface area contributed by atoms with Crippen LogP contribution in [0.25, 0.3) is 0 Å². The van der Waals surface area contributed by atoms with Gasteiger partial charge in [0.15, 0.2) is 0 Å². The van der Waals surface area contributed by atoms with Crippen molar-refractivity contribution < 1.29 is 5.11 Å². The van der Waals surface area contributed by atoms with Crippen LogP contribution < -0.4 is 4.90 Å². The van der Waals surface area contributed by atoms with E-state index >= 15 is 0 Å². The second kappa shape index (κ2) is 4.03. The first-order chi connectivity index (χ1) is 7.07. The number of aliphatic hydroxyl groups is 1. The number of benzene rings is 1. The second-order valence-corrected chi connectivity index (χ2v) is 4.90. The van der Waals surface area contributed by atoms with Crippen molar-refractivity contribution in [2.75, 3.05) is 18.0 Å². The highest BCUT2D eigenvalue weighted by Gasteiger charge is 2.27. The predicted molar refractivity (Wildman–Crippen MR) is 63.5 cm³/mol. The van der Waals surface area contributed by atoms with Gasteiger partial charge in [-0.15, -0.1) is 0 Å². The van der Waals surface area contributed by atoms with Crippen LogP contribution in [0, 0.1) is 0 Å². The molecule has 1 aromatic carbocycles. The summed E-state index contributed by atoms with van der Waals surface area (Å²) >= 11 is 5.94. The van der Waals surface area contributed by atoms with Crippen molar-refractivity contribution in [2.45, 2.75) is 25.4 Å². The van der Waals surface area contributed by atoms with E-state index in [0.717, 1.165) is 36.6 Å². The summed E-state index contributed by atoms with van der Waals surface area (Å²) in [6, 6.07) is 7.88. The molecule has 0 atom stereocenters. The zero-order chi connectivity index (χ0) is 10.9. The van der Waals surface area contributed by atoms with E-state index in [4.69, 9.17) is 11.6 Å². The molecule has 1 heterocycles. The number of rotatable bonds is 1. The van der Waals surface area contributed by atoms with Gasteiger partial charge in [-0.25, -0.2) is 0 Å². The third-order valence-electron chi connectivity index (χ3n) is 3.01. The number of hydrogen-bond donors (Lipinski definition) is 1. The fourth-order valence-corrected chi connectivity index (χ4v) is 2.10. The molecule has 1 aromatic rings. The molecule has 1 aliphatic rings. The van der Waals surface area contributed by atoms with Crippen LogP contribution in [0.1, 0.15) is 19.8 Å². The van der Waals surface area contributed by atoms with Gasteiger partial charge in [0.2, 0.25) is 0 Å². The van der Waals surface area contributed by atoms with Crippen LogP contribution in [-0.2, 0) is 0 Å². The molecule has 1 fully saturated rings. The van der Waals surface area contributed by atoms with Gasteiger partial charge in [-0.05, 0) is 38.0 Å². The molecule has 0 radical (unpaired) electrons. The molecule has 0 aliphatic carbocycles. The zero-order valence-electron chi connectivity index (χ0n) is 8.91. The highest BCUT2D eigenvalue weighted by atomic mass is 35.5. The second-order valence-electron chi connectivity index (χ2n) is 4.46. The summed E-state index contributed by atoms with van der Waals surface area (Å²) in [4.78, 5) is 2.27. The fraction of sp³-hybridized carbons (Fsp3) is 0.500. The Labute approximate surface area is 95.5 Å². The van der Waals surface area contributed by atoms with Gasteiger partial charge in [0.25, 0.3) is 0 Å². The molecular formula is C12H16ClNO. The first-order valence-corrected chi connectivity index (χ1v) is 5.68. The molecule has 0 bridgehead atoms. The predicted octanol–water partition coefficient (Wildman–Crippen LogP) is 2.69. The van der Waals surface area contributed by atoms with Gasteiger partial charge in [0.05, 0.1) is 5.60 Å². The lowest BCUT2D eigenvalue weighted by Gasteiger charge is -2.37. The molecule has 1 N–H and O–H groups in total. The fourth-order valence-electron chi connectivity index (χ4n) is 1.92. The molecule has 2 nitrogen and oxygen atoms in total. The van der Waals surface area contributed by atoms with Crippen LogP contribution in [-0.4, -0.2) is 23.8 Å². The molecule has 0 amide bonds. The van der Waals surface area contributed by atoms with E-state index in [-0.39, 0.29) is 0 Å². The smallest absolute Gasteiger partial charge is 0.0653 e. The standard InChI is InChI=1S/C12H16ClNO/c1-12(15)5-7-14(8-6-12)11-4-2-3-10(13)9-11/h2-4,9,15H,5-8H2,1H3. The van der Waals surface area contributed by atoms with E-state index in [2.05, 4.69) is 11.0 Å². The van der Waals surface area contributed by atoms with Gasteiger partial charge in [-0.1, -0.05) is 17.7 Å². The molecule has 0 aromatic heterocycles. The number of nitrogens with zero attached hydrogens (tertiary/aromatic N) is 1. The minimum absolute atomic E-state index is 0.491. The Hall–Kier alpha value is -0.730. The Kier molecular flexibility index (Phi) is 2.89. The van der Waals surface area contributed by atoms with Crippen LogP contribution >= 0.6 is 11.6 Å². The van der Waals surface area contributed by atoms with Gasteiger partial charge >= 0.3 is 0 Å². The molecular weight excluding hydrogens is 210 g/mol. The summed E-state index contributed by atoms with van der Waals surface area (Å²) in [5.41, 5.74) is 0.660. The first kappa shape index (κ1) is 10.8. The van der Waals surface area contributed by atoms with Crippen molar-refractivity contribution in [2.24, 2.45) is 0 Å². The van der Waals surface area contributed by atoms with Gasteiger partial charge in [-0.3, -0.25) is 0 Å². The average Bonchev–Trinajstić information content (AvgIpc) is 2.17. The Morgan fingerprint density at radius 3 is 2.60 bits per heavy atom. The summed E-state index contributed by atoms with van der Waals surface area (Å²) in [5, 5.41) is 10.6. The van der Waals surface area contributed by atoms with Crippen molar-refractivity contribution in [1.82, 2.24) is 0 Å². The zero-order valence-corrected chi connectivity index (χ0v) is 9.67. The van der Waals surface area contributed by atoms with Crippen LogP contribution in [0.5, 0.6) is 0 Å². The minimum atomic E-state index is -0.491. The maximum atomic E-state index is 9.84. The van der Waals surface area contributed by atoms with Gasteiger partial charge in [-0.2, -0.15) is 0 Å². The third-order valence-corrected chi connectivity index (χ3v) is 3.25. The highest BCUT2D eigenvalue weighted by Crippen LogP contribution is 2.27. The minimum Gasteiger partial charge on any atom is -0.390 e. The van der Waals surface area contributed by atoms with E-state index in [9.17, 15) is 5.11 Å². The summed E-state index contributed by atoms with van der Waals surface area (Å²) in [5.74, 6) is 0. The van der Waals surface area contributed by atoms with E-state index in [1.54, 1.807) is 0 Å². The van der Waals surface area contributed by atoms with Crippen molar-refractivity contribution in [3.63, 3.8) is 0 Å². The van der Waals surface area contributed by atoms with E-state index < -0.39 is 5.60 Å². The largest absolute Gasteiger partial charge is 0.390 e. The van der Waals surface area contributed by atoms with Crippen molar-refractivity contribution in [3.8, 4) is 0 Å². The van der Waals surface area contributed by atoms with Crippen LogP contribution in [0.3, 0.4) is 0 Å². The molecule has 15 heavy (non-hydrogen) atoms. The molecule has 0 saturated carbocycles. The number of anilines is 1. The van der Waals surface area contributed by atoms with Gasteiger partial charge in [0.1, 0.15) is 0 Å². The summed E-state index contributed by atoms with van der Waals surface area (Å²) in [7, 11) is 0. The SMILES string of the molecule is CC1(O)CCN(c2cccc(Cl)c2)CC1. The Bertz CT molecular complexity index is 341. The molecule has 2 rings (SSSR count). The molecule has 1 saturated heterocycles. The quantitative estimate of drug-likeness (QED) is 0.795. The number of piperidine rings is 1. The van der Waals surface area contributed by atoms with Crippen LogP contribution in [0.15, 0.2) is 24.3 Å². The Balaban J connectivity index is 2.08. The van der Waals surface area contributed by atoms with E-state index in [1.807, 2.05) is 25.1 Å². The molecule has 0 unspecified atom stereocenters. The summed E-state index contributed by atoms with van der Waals surface area (Å²) < 4.78 is 0. The molecule has 82 valence electrons. The van der Waals surface area contributed by atoms with Crippen LogP contribution in [0.2, 0.25) is 5.02 Å². The van der Waals surface area contributed by atoms with Gasteiger partial charge < -0.3 is 10.0 Å². The Morgan fingerprint density at radius 1 is 1.33 bits per heavy atom. The lowest BCUT2D eigenvalue weighted by molar-refractivity contribution is 0.0351. The average molecular weight is 226 g/mol. The van der Waals surface area contributed by atoms with Crippen molar-refractivity contribution in [1.29, 1.82) is 0 Å². The Morgan fingerprint density at radius 2 is 2.00 bits per heavy atom. The van der Waals surface area contributed by atoms with E-state index in [0.29, 0.717) is 0 Å². The normalized spacial score (nSPS) is 20.3. The van der Waals surface area contributed by atoms with Crippen LogP contribution in [0.4, 0.5) is 5.69 Å². The van der Waals surface area contributed by atoms with E-state index in [1.165, 1.54) is 0 Å². The molecule has 1 aliphatic heterocycles. The maximum Gasteiger partial charge on any atom is 0.0653 e. The monoisotopic (exact) mass is 225 g/mol. The lowest BCUT2D eigenvalue weighted by atomic mass is 9.93. The summed E-state index contributed by atoms with van der Waals surface area (Å²) in [6.07, 6.45) is 1.64. The van der Waals surface area contributed by atoms with Gasteiger partial charge in [0, 0.05) is 23.8 Å². The highest BCUT2D eigenvalue weighted by molar-refractivity contribution is 6.30. The summed E-state index contributed by atoms with van der Waals surface area (Å²) in [6.45, 7) is 3.70. The lowest BCUT2D eigenvalue weighted by Crippen LogP contribution is -2.42. The molecule has 3 heteroatoms. The number of halogens is 1. The third kappa shape index (κ3) is 2.64. The number of hydrogen-bond acceptors (Lipinski definition) is 2. The van der Waals surface area contributed by atoms with Crippen molar-refractivity contribution >= 4 is 17.3 Å². The van der Waals surface area contributed by atoms with Crippen molar-refractivity contribution in [3.05, 3.63) is 29.3 Å². The first-order valence-electron chi connectivity index (χ1n) is 5.30.